The quantitative estimate of drug-likeness (QED) is 0.597. The van der Waals surface area contributed by atoms with E-state index < -0.39 is 0 Å². The molecule has 156 valence electrons. The number of piperazine rings is 1. The van der Waals surface area contributed by atoms with Crippen LogP contribution in [0.3, 0.4) is 0 Å². The molecule has 2 aromatic carbocycles. The van der Waals surface area contributed by atoms with Gasteiger partial charge in [-0.15, -0.1) is 0 Å². The first-order chi connectivity index (χ1) is 14.0. The number of nitrogens with zero attached hydrogens (tertiary/aromatic N) is 2. The lowest BCUT2D eigenvalue weighted by molar-refractivity contribution is 0.0619. The molecule has 0 atom stereocenters. The molecule has 0 unspecified atom stereocenters. The van der Waals surface area contributed by atoms with Gasteiger partial charge in [0, 0.05) is 43.3 Å². The zero-order valence-electron chi connectivity index (χ0n) is 16.5. The number of halogens is 2. The molecule has 1 fully saturated rings. The smallest absolute Gasteiger partial charge is 0.254 e. The summed E-state index contributed by atoms with van der Waals surface area (Å²) in [4.78, 5) is 17.1. The molecule has 1 aliphatic heterocycles. The van der Waals surface area contributed by atoms with E-state index in [2.05, 4.69) is 20.8 Å². The van der Waals surface area contributed by atoms with Crippen molar-refractivity contribution < 1.29 is 19.0 Å². The first-order valence-corrected chi connectivity index (χ1v) is 10.5. The summed E-state index contributed by atoms with van der Waals surface area (Å²) in [6.07, 6.45) is 0. The first-order valence-electron chi connectivity index (χ1n) is 9.33. The highest BCUT2D eigenvalue weighted by atomic mass is 79.9. The Kier molecular flexibility index (Phi) is 7.64. The molecule has 0 N–H and O–H groups in total. The van der Waals surface area contributed by atoms with Crippen LogP contribution in [0.25, 0.3) is 0 Å². The molecule has 1 heterocycles. The fourth-order valence-corrected chi connectivity index (χ4v) is 3.85. The highest BCUT2D eigenvalue weighted by Crippen LogP contribution is 2.36. The molecule has 0 aromatic heterocycles. The summed E-state index contributed by atoms with van der Waals surface area (Å²) in [5, 5.41) is 0.694. The summed E-state index contributed by atoms with van der Waals surface area (Å²) in [6, 6.07) is 10.8. The minimum atomic E-state index is -0.0221. The molecule has 0 aliphatic carbocycles. The van der Waals surface area contributed by atoms with Crippen molar-refractivity contribution in [2.24, 2.45) is 0 Å². The van der Waals surface area contributed by atoms with Gasteiger partial charge in [0.1, 0.15) is 28.3 Å². The maximum absolute atomic E-state index is 12.9. The number of hydrogen-bond donors (Lipinski definition) is 0. The lowest BCUT2D eigenvalue weighted by Gasteiger charge is -2.34. The van der Waals surface area contributed by atoms with Crippen molar-refractivity contribution in [3.05, 3.63) is 51.5 Å². The van der Waals surface area contributed by atoms with Gasteiger partial charge in [-0.05, 0) is 52.3 Å². The number of ether oxygens (including phenoxy) is 3. The normalized spacial score (nSPS) is 14.6. The van der Waals surface area contributed by atoms with Gasteiger partial charge in [0.05, 0.1) is 14.2 Å². The topological polar surface area (TPSA) is 51.2 Å². The summed E-state index contributed by atoms with van der Waals surface area (Å²) in [5.74, 6) is 1.93. The fourth-order valence-electron chi connectivity index (χ4n) is 3.17. The maximum atomic E-state index is 12.9. The third-order valence-electron chi connectivity index (χ3n) is 4.84. The number of hydrogen-bond acceptors (Lipinski definition) is 5. The van der Waals surface area contributed by atoms with E-state index in [9.17, 15) is 4.79 Å². The monoisotopic (exact) mass is 482 g/mol. The number of benzene rings is 2. The third kappa shape index (κ3) is 5.56. The van der Waals surface area contributed by atoms with Crippen molar-refractivity contribution in [3.8, 4) is 17.2 Å². The molecule has 1 saturated heterocycles. The number of rotatable bonds is 7. The SMILES string of the molecule is COc1cc(C(=O)N2CCN(CCOc3ccc(Cl)cc3)CC2)cc(OC)c1Br. The van der Waals surface area contributed by atoms with Gasteiger partial charge in [0.2, 0.25) is 0 Å². The van der Waals surface area contributed by atoms with Crippen LogP contribution in [-0.4, -0.2) is 69.3 Å². The summed E-state index contributed by atoms with van der Waals surface area (Å²) in [7, 11) is 3.14. The summed E-state index contributed by atoms with van der Waals surface area (Å²) in [5.41, 5.74) is 0.557. The molecular weight excluding hydrogens is 460 g/mol. The Bertz CT molecular complexity index is 814. The lowest BCUT2D eigenvalue weighted by Crippen LogP contribution is -2.49. The molecular formula is C21H24BrClN2O4. The molecule has 0 saturated carbocycles. The minimum absolute atomic E-state index is 0.0221. The van der Waals surface area contributed by atoms with E-state index >= 15 is 0 Å². The van der Waals surface area contributed by atoms with Crippen molar-refractivity contribution in [2.75, 3.05) is 53.6 Å². The second-order valence-electron chi connectivity index (χ2n) is 6.63. The van der Waals surface area contributed by atoms with E-state index in [0.717, 1.165) is 25.4 Å². The van der Waals surface area contributed by atoms with Crippen LogP contribution < -0.4 is 14.2 Å². The first kappa shape index (κ1) is 21.7. The molecule has 0 spiro atoms. The van der Waals surface area contributed by atoms with Gasteiger partial charge in [-0.3, -0.25) is 9.69 Å². The number of methoxy groups -OCH3 is 2. The largest absolute Gasteiger partial charge is 0.495 e. The number of amides is 1. The second kappa shape index (κ2) is 10.2. The second-order valence-corrected chi connectivity index (χ2v) is 7.86. The van der Waals surface area contributed by atoms with E-state index in [1.807, 2.05) is 29.2 Å². The Morgan fingerprint density at radius 1 is 1.03 bits per heavy atom. The molecule has 29 heavy (non-hydrogen) atoms. The van der Waals surface area contributed by atoms with E-state index in [4.69, 9.17) is 25.8 Å². The van der Waals surface area contributed by atoms with Gasteiger partial charge in [0.15, 0.2) is 0 Å². The zero-order chi connectivity index (χ0) is 20.8. The van der Waals surface area contributed by atoms with Crippen LogP contribution in [0.15, 0.2) is 40.9 Å². The average molecular weight is 484 g/mol. The predicted molar refractivity (Wildman–Crippen MR) is 117 cm³/mol. The van der Waals surface area contributed by atoms with Gasteiger partial charge in [-0.2, -0.15) is 0 Å². The van der Waals surface area contributed by atoms with E-state index in [1.165, 1.54) is 0 Å². The van der Waals surface area contributed by atoms with Crippen molar-refractivity contribution in [1.29, 1.82) is 0 Å². The van der Waals surface area contributed by atoms with Crippen molar-refractivity contribution in [1.82, 2.24) is 9.80 Å². The van der Waals surface area contributed by atoms with Gasteiger partial charge >= 0.3 is 0 Å². The summed E-state index contributed by atoms with van der Waals surface area (Å²) >= 11 is 9.31. The van der Waals surface area contributed by atoms with E-state index in [1.54, 1.807) is 26.4 Å². The number of carbonyl (C=O) groups excluding carboxylic acids is 1. The van der Waals surface area contributed by atoms with Crippen LogP contribution in [0.4, 0.5) is 0 Å². The van der Waals surface area contributed by atoms with Gasteiger partial charge in [-0.1, -0.05) is 11.6 Å². The van der Waals surface area contributed by atoms with Gasteiger partial charge in [0.25, 0.3) is 5.91 Å². The van der Waals surface area contributed by atoms with Crippen LogP contribution in [0.2, 0.25) is 5.02 Å². The molecule has 0 bridgehead atoms. The molecule has 0 radical (unpaired) electrons. The summed E-state index contributed by atoms with van der Waals surface area (Å²) in [6.45, 7) is 4.35. The van der Waals surface area contributed by atoms with Crippen LogP contribution in [0.5, 0.6) is 17.2 Å². The van der Waals surface area contributed by atoms with E-state index in [0.29, 0.717) is 46.3 Å². The van der Waals surface area contributed by atoms with Crippen LogP contribution in [-0.2, 0) is 0 Å². The van der Waals surface area contributed by atoms with Crippen molar-refractivity contribution in [3.63, 3.8) is 0 Å². The highest BCUT2D eigenvalue weighted by Gasteiger charge is 2.24. The molecule has 2 aromatic rings. The standard InChI is InChI=1S/C21H24BrClN2O4/c1-27-18-13-15(14-19(28-2)20(18)22)21(26)25-9-7-24(8-10-25)11-12-29-17-5-3-16(23)4-6-17/h3-6,13-14H,7-12H2,1-2H3. The van der Waals surface area contributed by atoms with Crippen molar-refractivity contribution >= 4 is 33.4 Å². The Morgan fingerprint density at radius 2 is 1.62 bits per heavy atom. The minimum Gasteiger partial charge on any atom is -0.495 e. The van der Waals surface area contributed by atoms with Gasteiger partial charge < -0.3 is 19.1 Å². The highest BCUT2D eigenvalue weighted by molar-refractivity contribution is 9.10. The molecule has 3 rings (SSSR count). The number of carbonyl (C=O) groups is 1. The van der Waals surface area contributed by atoms with Crippen LogP contribution in [0.1, 0.15) is 10.4 Å². The Balaban J connectivity index is 1.51. The van der Waals surface area contributed by atoms with E-state index in [-0.39, 0.29) is 5.91 Å². The van der Waals surface area contributed by atoms with Crippen LogP contribution >= 0.6 is 27.5 Å². The Hall–Kier alpha value is -1.96. The van der Waals surface area contributed by atoms with Crippen molar-refractivity contribution in [2.45, 2.75) is 0 Å². The fraction of sp³-hybridized carbons (Fsp3) is 0.381. The molecule has 1 aliphatic rings. The Morgan fingerprint density at radius 3 is 2.17 bits per heavy atom. The predicted octanol–water partition coefficient (Wildman–Crippen LogP) is 3.96. The molecule has 6 nitrogen and oxygen atoms in total. The average Bonchev–Trinajstić information content (AvgIpc) is 2.75. The lowest BCUT2D eigenvalue weighted by atomic mass is 10.1. The maximum Gasteiger partial charge on any atom is 0.254 e. The zero-order valence-corrected chi connectivity index (χ0v) is 18.8. The molecule has 1 amide bonds. The van der Waals surface area contributed by atoms with Gasteiger partial charge in [-0.25, -0.2) is 0 Å². The molecule has 8 heteroatoms. The summed E-state index contributed by atoms with van der Waals surface area (Å²) < 4.78 is 17.1. The third-order valence-corrected chi connectivity index (χ3v) is 5.88. The van der Waals surface area contributed by atoms with Crippen LogP contribution in [0, 0.1) is 0 Å². The Labute approximate surface area is 184 Å².